The SMILES string of the molecule is CC(N)CNc1c(Cl)cccc1[N+](=O)[O-]. The first kappa shape index (κ1) is 11.7. The minimum Gasteiger partial charge on any atom is -0.377 e. The van der Waals surface area contributed by atoms with Crippen molar-refractivity contribution in [2.45, 2.75) is 13.0 Å². The van der Waals surface area contributed by atoms with E-state index in [0.717, 1.165) is 0 Å². The lowest BCUT2D eigenvalue weighted by atomic mass is 10.2. The molecule has 0 saturated carbocycles. The third-order valence-corrected chi connectivity index (χ3v) is 2.10. The van der Waals surface area contributed by atoms with Crippen molar-refractivity contribution in [1.29, 1.82) is 0 Å². The molecule has 82 valence electrons. The van der Waals surface area contributed by atoms with Gasteiger partial charge in [0.05, 0.1) is 9.95 Å². The fraction of sp³-hybridized carbons (Fsp3) is 0.333. The molecule has 1 unspecified atom stereocenters. The number of halogens is 1. The maximum absolute atomic E-state index is 10.7. The number of para-hydroxylation sites is 1. The number of nitro benzene ring substituents is 1. The Balaban J connectivity index is 2.97. The second kappa shape index (κ2) is 4.95. The summed E-state index contributed by atoms with van der Waals surface area (Å²) in [7, 11) is 0. The van der Waals surface area contributed by atoms with Gasteiger partial charge in [-0.3, -0.25) is 10.1 Å². The Morgan fingerprint density at radius 3 is 2.87 bits per heavy atom. The van der Waals surface area contributed by atoms with Gasteiger partial charge in [-0.15, -0.1) is 0 Å². The third-order valence-electron chi connectivity index (χ3n) is 1.79. The van der Waals surface area contributed by atoms with Gasteiger partial charge in [-0.05, 0) is 13.0 Å². The predicted octanol–water partition coefficient (Wildman–Crippen LogP) is 2.01. The highest BCUT2D eigenvalue weighted by Gasteiger charge is 2.16. The zero-order valence-corrected chi connectivity index (χ0v) is 8.99. The second-order valence-corrected chi connectivity index (χ2v) is 3.66. The lowest BCUT2D eigenvalue weighted by Crippen LogP contribution is -2.25. The van der Waals surface area contributed by atoms with E-state index in [2.05, 4.69) is 5.32 Å². The molecule has 3 N–H and O–H groups in total. The first-order valence-corrected chi connectivity index (χ1v) is 4.82. The monoisotopic (exact) mass is 229 g/mol. The average Bonchev–Trinajstić information content (AvgIpc) is 2.15. The molecule has 0 aromatic heterocycles. The van der Waals surface area contributed by atoms with Crippen LogP contribution in [0.4, 0.5) is 11.4 Å². The largest absolute Gasteiger partial charge is 0.377 e. The van der Waals surface area contributed by atoms with Crippen LogP contribution in [0, 0.1) is 10.1 Å². The van der Waals surface area contributed by atoms with Crippen LogP contribution >= 0.6 is 11.6 Å². The number of benzene rings is 1. The molecule has 0 aliphatic rings. The van der Waals surface area contributed by atoms with E-state index < -0.39 is 4.92 Å². The van der Waals surface area contributed by atoms with Gasteiger partial charge in [-0.1, -0.05) is 17.7 Å². The van der Waals surface area contributed by atoms with Crippen LogP contribution in [0.15, 0.2) is 18.2 Å². The van der Waals surface area contributed by atoms with E-state index in [1.54, 1.807) is 13.0 Å². The summed E-state index contributed by atoms with van der Waals surface area (Å²) >= 11 is 5.85. The van der Waals surface area contributed by atoms with Crippen LogP contribution in [-0.4, -0.2) is 17.5 Å². The van der Waals surface area contributed by atoms with E-state index in [0.29, 0.717) is 17.3 Å². The highest BCUT2D eigenvalue weighted by molar-refractivity contribution is 6.33. The minimum absolute atomic E-state index is 0.0387. The van der Waals surface area contributed by atoms with Gasteiger partial charge in [0, 0.05) is 18.7 Å². The molecule has 0 amide bonds. The van der Waals surface area contributed by atoms with Crippen LogP contribution in [0.25, 0.3) is 0 Å². The molecule has 1 atom stereocenters. The van der Waals surface area contributed by atoms with Gasteiger partial charge >= 0.3 is 0 Å². The summed E-state index contributed by atoms with van der Waals surface area (Å²) in [4.78, 5) is 10.2. The fourth-order valence-electron chi connectivity index (χ4n) is 1.10. The molecule has 0 fully saturated rings. The van der Waals surface area contributed by atoms with Crippen LogP contribution in [0.3, 0.4) is 0 Å². The van der Waals surface area contributed by atoms with Crippen molar-refractivity contribution in [2.75, 3.05) is 11.9 Å². The zero-order valence-electron chi connectivity index (χ0n) is 8.24. The minimum atomic E-state index is -0.477. The van der Waals surface area contributed by atoms with Gasteiger partial charge in [-0.2, -0.15) is 0 Å². The van der Waals surface area contributed by atoms with Crippen molar-refractivity contribution < 1.29 is 4.92 Å². The number of hydrogen-bond acceptors (Lipinski definition) is 4. The van der Waals surface area contributed by atoms with E-state index in [1.807, 2.05) is 0 Å². The Hall–Kier alpha value is -1.33. The molecule has 0 saturated heterocycles. The summed E-state index contributed by atoms with van der Waals surface area (Å²) in [6.07, 6.45) is 0. The summed E-state index contributed by atoms with van der Waals surface area (Å²) in [5.41, 5.74) is 5.82. The fourth-order valence-corrected chi connectivity index (χ4v) is 1.34. The number of anilines is 1. The van der Waals surface area contributed by atoms with Crippen molar-refractivity contribution in [3.63, 3.8) is 0 Å². The van der Waals surface area contributed by atoms with Crippen molar-refractivity contribution >= 4 is 23.0 Å². The number of nitrogens with one attached hydrogen (secondary N) is 1. The van der Waals surface area contributed by atoms with Crippen LogP contribution < -0.4 is 11.1 Å². The first-order chi connectivity index (χ1) is 7.02. The van der Waals surface area contributed by atoms with E-state index in [9.17, 15) is 10.1 Å². The molecule has 5 nitrogen and oxygen atoms in total. The Kier molecular flexibility index (Phi) is 3.88. The van der Waals surface area contributed by atoms with Crippen molar-refractivity contribution in [3.05, 3.63) is 33.3 Å². The Labute approximate surface area is 92.4 Å². The summed E-state index contributed by atoms with van der Waals surface area (Å²) in [5.74, 6) is 0. The number of nitro groups is 1. The smallest absolute Gasteiger partial charge is 0.293 e. The Bertz CT molecular complexity index is 368. The molecule has 1 rings (SSSR count). The molecular weight excluding hydrogens is 218 g/mol. The summed E-state index contributed by atoms with van der Waals surface area (Å²) < 4.78 is 0. The average molecular weight is 230 g/mol. The standard InChI is InChI=1S/C9H12ClN3O2/c1-6(11)5-12-9-7(10)3-2-4-8(9)13(14)15/h2-4,6,12H,5,11H2,1H3. The normalized spacial score (nSPS) is 12.2. The lowest BCUT2D eigenvalue weighted by molar-refractivity contribution is -0.383. The number of hydrogen-bond donors (Lipinski definition) is 2. The zero-order chi connectivity index (χ0) is 11.4. The molecular formula is C9H12ClN3O2. The van der Waals surface area contributed by atoms with Gasteiger partial charge in [0.25, 0.3) is 5.69 Å². The van der Waals surface area contributed by atoms with Gasteiger partial charge < -0.3 is 11.1 Å². The molecule has 0 aliphatic carbocycles. The Morgan fingerprint density at radius 2 is 2.33 bits per heavy atom. The summed E-state index contributed by atoms with van der Waals surface area (Å²) in [5, 5.41) is 13.9. The topological polar surface area (TPSA) is 81.2 Å². The van der Waals surface area contributed by atoms with Crippen molar-refractivity contribution in [1.82, 2.24) is 0 Å². The summed E-state index contributed by atoms with van der Waals surface area (Å²) in [6.45, 7) is 2.24. The van der Waals surface area contributed by atoms with Crippen molar-refractivity contribution in [3.8, 4) is 0 Å². The molecule has 6 heteroatoms. The van der Waals surface area contributed by atoms with Gasteiger partial charge in [0.1, 0.15) is 5.69 Å². The van der Waals surface area contributed by atoms with Crippen LogP contribution in [0.5, 0.6) is 0 Å². The molecule has 0 heterocycles. The Morgan fingerprint density at radius 1 is 1.67 bits per heavy atom. The highest BCUT2D eigenvalue weighted by atomic mass is 35.5. The van der Waals surface area contributed by atoms with Crippen LogP contribution in [-0.2, 0) is 0 Å². The lowest BCUT2D eigenvalue weighted by Gasteiger charge is -2.10. The molecule has 15 heavy (non-hydrogen) atoms. The van der Waals surface area contributed by atoms with Gasteiger partial charge in [-0.25, -0.2) is 0 Å². The highest BCUT2D eigenvalue weighted by Crippen LogP contribution is 2.31. The number of rotatable bonds is 4. The third kappa shape index (κ3) is 3.07. The van der Waals surface area contributed by atoms with E-state index >= 15 is 0 Å². The predicted molar refractivity (Wildman–Crippen MR) is 60.2 cm³/mol. The molecule has 0 spiro atoms. The maximum Gasteiger partial charge on any atom is 0.293 e. The molecule has 1 aromatic carbocycles. The van der Waals surface area contributed by atoms with Crippen molar-refractivity contribution in [2.24, 2.45) is 5.73 Å². The van der Waals surface area contributed by atoms with Gasteiger partial charge in [0.2, 0.25) is 0 Å². The van der Waals surface area contributed by atoms with E-state index in [4.69, 9.17) is 17.3 Å². The number of nitrogens with two attached hydrogens (primary N) is 1. The van der Waals surface area contributed by atoms with Gasteiger partial charge in [0.15, 0.2) is 0 Å². The first-order valence-electron chi connectivity index (χ1n) is 4.44. The number of nitrogens with zero attached hydrogens (tertiary/aromatic N) is 1. The van der Waals surface area contributed by atoms with E-state index in [1.165, 1.54) is 12.1 Å². The summed E-state index contributed by atoms with van der Waals surface area (Å²) in [6, 6.07) is 4.44. The van der Waals surface area contributed by atoms with E-state index in [-0.39, 0.29) is 11.7 Å². The quantitative estimate of drug-likeness (QED) is 0.611. The second-order valence-electron chi connectivity index (χ2n) is 3.25. The van der Waals surface area contributed by atoms with Crippen LogP contribution in [0.1, 0.15) is 6.92 Å². The molecule has 0 radical (unpaired) electrons. The molecule has 0 bridgehead atoms. The molecule has 0 aliphatic heterocycles. The van der Waals surface area contributed by atoms with Crippen LogP contribution in [0.2, 0.25) is 5.02 Å². The maximum atomic E-state index is 10.7. The molecule has 1 aromatic rings.